The second kappa shape index (κ2) is 9.25. The van der Waals surface area contributed by atoms with Gasteiger partial charge in [0.2, 0.25) is 5.91 Å². The van der Waals surface area contributed by atoms with Crippen LogP contribution >= 0.6 is 11.3 Å². The van der Waals surface area contributed by atoms with Crippen LogP contribution < -0.4 is 4.74 Å². The molecule has 0 atom stereocenters. The maximum Gasteiger partial charge on any atom is 0.223 e. The largest absolute Gasteiger partial charge is 0.497 e. The van der Waals surface area contributed by atoms with E-state index in [2.05, 4.69) is 11.4 Å². The summed E-state index contributed by atoms with van der Waals surface area (Å²) in [5.74, 6) is 1.79. The van der Waals surface area contributed by atoms with Crippen LogP contribution in [-0.2, 0) is 24.2 Å². The molecule has 0 aliphatic carbocycles. The number of benzene rings is 1. The smallest absolute Gasteiger partial charge is 0.223 e. The molecule has 3 rings (SSSR count). The summed E-state index contributed by atoms with van der Waals surface area (Å²) in [5.41, 5.74) is 1.13. The van der Waals surface area contributed by atoms with E-state index in [1.54, 1.807) is 24.7 Å². The van der Waals surface area contributed by atoms with Crippen LogP contribution in [-0.4, -0.2) is 24.5 Å². The molecule has 0 aliphatic rings. The highest BCUT2D eigenvalue weighted by molar-refractivity contribution is 7.09. The van der Waals surface area contributed by atoms with Gasteiger partial charge in [0, 0.05) is 17.8 Å². The van der Waals surface area contributed by atoms with E-state index in [1.807, 2.05) is 47.4 Å². The summed E-state index contributed by atoms with van der Waals surface area (Å²) in [6, 6.07) is 15.8. The molecule has 0 N–H and O–H groups in total. The summed E-state index contributed by atoms with van der Waals surface area (Å²) in [6.45, 7) is 1.21. The van der Waals surface area contributed by atoms with Crippen LogP contribution in [0.4, 0.5) is 0 Å². The van der Waals surface area contributed by atoms with Crippen molar-refractivity contribution in [3.63, 3.8) is 0 Å². The van der Waals surface area contributed by atoms with Gasteiger partial charge in [-0.15, -0.1) is 11.3 Å². The number of ether oxygens (including phenoxy) is 1. The minimum Gasteiger partial charge on any atom is -0.497 e. The van der Waals surface area contributed by atoms with Gasteiger partial charge in [0.15, 0.2) is 0 Å². The van der Waals surface area contributed by atoms with Crippen molar-refractivity contribution in [1.82, 2.24) is 4.90 Å². The zero-order valence-corrected chi connectivity index (χ0v) is 15.7. The second-order valence-electron chi connectivity index (χ2n) is 6.07. The first kappa shape index (κ1) is 18.3. The Kier molecular flexibility index (Phi) is 6.50. The molecule has 1 amide bonds. The molecule has 0 saturated heterocycles. The number of rotatable bonds is 9. The molecule has 136 valence electrons. The Labute approximate surface area is 158 Å². The molecule has 26 heavy (non-hydrogen) atoms. The minimum atomic E-state index is 0.147. The van der Waals surface area contributed by atoms with Gasteiger partial charge in [-0.2, -0.15) is 0 Å². The highest BCUT2D eigenvalue weighted by Gasteiger charge is 2.15. The monoisotopic (exact) mass is 369 g/mol. The second-order valence-corrected chi connectivity index (χ2v) is 7.10. The van der Waals surface area contributed by atoms with Gasteiger partial charge < -0.3 is 14.1 Å². The predicted octanol–water partition coefficient (Wildman–Crippen LogP) is 4.55. The van der Waals surface area contributed by atoms with Gasteiger partial charge in [-0.3, -0.25) is 4.79 Å². The molecule has 0 unspecified atom stereocenters. The van der Waals surface area contributed by atoms with Crippen LogP contribution in [0.25, 0.3) is 0 Å². The van der Waals surface area contributed by atoms with Gasteiger partial charge in [-0.05, 0) is 54.1 Å². The summed E-state index contributed by atoms with van der Waals surface area (Å²) in [4.78, 5) is 16.0. The minimum absolute atomic E-state index is 0.147. The number of carbonyl (C=O) groups excluding carboxylic acids is 1. The molecular formula is C21H23NO3S. The summed E-state index contributed by atoms with van der Waals surface area (Å²) >= 11 is 1.73. The first-order chi connectivity index (χ1) is 12.7. The van der Waals surface area contributed by atoms with Gasteiger partial charge in [0.25, 0.3) is 0 Å². The van der Waals surface area contributed by atoms with E-state index in [4.69, 9.17) is 9.15 Å². The molecule has 0 bridgehead atoms. The first-order valence-electron chi connectivity index (χ1n) is 8.70. The maximum absolute atomic E-state index is 12.8. The van der Waals surface area contributed by atoms with E-state index >= 15 is 0 Å². The fraction of sp³-hybridized carbons (Fsp3) is 0.286. The quantitative estimate of drug-likeness (QED) is 0.555. The van der Waals surface area contributed by atoms with Gasteiger partial charge >= 0.3 is 0 Å². The molecule has 0 radical (unpaired) electrons. The summed E-state index contributed by atoms with van der Waals surface area (Å²) < 4.78 is 10.6. The molecule has 4 nitrogen and oxygen atoms in total. The number of nitrogens with zero attached hydrogens (tertiary/aromatic N) is 1. The van der Waals surface area contributed by atoms with Crippen molar-refractivity contribution in [3.05, 3.63) is 76.4 Å². The standard InChI is InChI=1S/C21H23NO3S/c1-24-18-9-6-17(7-10-18)8-11-21(23)22(16-19-4-2-14-25-19)13-12-20-5-3-15-26-20/h2-7,9-10,14-15H,8,11-13,16H2,1H3. The number of methoxy groups -OCH3 is 1. The van der Waals surface area contributed by atoms with Crippen molar-refractivity contribution < 1.29 is 13.9 Å². The van der Waals surface area contributed by atoms with E-state index in [1.165, 1.54) is 4.88 Å². The van der Waals surface area contributed by atoms with E-state index in [0.29, 0.717) is 19.5 Å². The lowest BCUT2D eigenvalue weighted by atomic mass is 10.1. The zero-order valence-electron chi connectivity index (χ0n) is 14.9. The molecule has 0 fully saturated rings. The number of amides is 1. The van der Waals surface area contributed by atoms with Crippen LogP contribution in [0.2, 0.25) is 0 Å². The topological polar surface area (TPSA) is 42.7 Å². The van der Waals surface area contributed by atoms with E-state index in [0.717, 1.165) is 29.9 Å². The van der Waals surface area contributed by atoms with E-state index in [-0.39, 0.29) is 5.91 Å². The molecule has 2 heterocycles. The lowest BCUT2D eigenvalue weighted by molar-refractivity contribution is -0.132. The number of hydrogen-bond acceptors (Lipinski definition) is 4. The van der Waals surface area contributed by atoms with Gasteiger partial charge in [-0.1, -0.05) is 18.2 Å². The average Bonchev–Trinajstić information content (AvgIpc) is 3.37. The number of carbonyl (C=O) groups is 1. The normalized spacial score (nSPS) is 10.7. The molecule has 1 aromatic carbocycles. The molecule has 0 saturated carbocycles. The van der Waals surface area contributed by atoms with Crippen molar-refractivity contribution in [1.29, 1.82) is 0 Å². The number of aryl methyl sites for hydroxylation is 1. The third-order valence-corrected chi connectivity index (χ3v) is 5.21. The lowest BCUT2D eigenvalue weighted by Gasteiger charge is -2.21. The lowest BCUT2D eigenvalue weighted by Crippen LogP contribution is -2.32. The van der Waals surface area contributed by atoms with Gasteiger partial charge in [0.1, 0.15) is 11.5 Å². The Morgan fingerprint density at radius 2 is 1.96 bits per heavy atom. The zero-order chi connectivity index (χ0) is 18.2. The van der Waals surface area contributed by atoms with E-state index in [9.17, 15) is 4.79 Å². The number of thiophene rings is 1. The fourth-order valence-corrected chi connectivity index (χ4v) is 3.48. The van der Waals surface area contributed by atoms with Gasteiger partial charge in [0.05, 0.1) is 19.9 Å². The molecule has 0 aliphatic heterocycles. The summed E-state index contributed by atoms with van der Waals surface area (Å²) in [5, 5.41) is 2.07. The van der Waals surface area contributed by atoms with Crippen molar-refractivity contribution >= 4 is 17.2 Å². The highest BCUT2D eigenvalue weighted by atomic mass is 32.1. The predicted molar refractivity (Wildman–Crippen MR) is 103 cm³/mol. The average molecular weight is 369 g/mol. The van der Waals surface area contributed by atoms with E-state index < -0.39 is 0 Å². The van der Waals surface area contributed by atoms with Gasteiger partial charge in [-0.25, -0.2) is 0 Å². The first-order valence-corrected chi connectivity index (χ1v) is 9.58. The number of hydrogen-bond donors (Lipinski definition) is 0. The SMILES string of the molecule is COc1ccc(CCC(=O)N(CCc2cccs2)Cc2ccco2)cc1. The van der Waals surface area contributed by atoms with Crippen molar-refractivity contribution in [3.8, 4) is 5.75 Å². The van der Waals surface area contributed by atoms with Crippen LogP contribution in [0, 0.1) is 0 Å². The Hall–Kier alpha value is -2.53. The van der Waals surface area contributed by atoms with Crippen molar-refractivity contribution in [2.24, 2.45) is 0 Å². The third kappa shape index (κ3) is 5.23. The third-order valence-electron chi connectivity index (χ3n) is 4.27. The Morgan fingerprint density at radius 1 is 1.12 bits per heavy atom. The summed E-state index contributed by atoms with van der Waals surface area (Å²) in [7, 11) is 1.65. The maximum atomic E-state index is 12.8. The van der Waals surface area contributed by atoms with Crippen LogP contribution in [0.3, 0.4) is 0 Å². The van der Waals surface area contributed by atoms with Crippen LogP contribution in [0.15, 0.2) is 64.6 Å². The van der Waals surface area contributed by atoms with Crippen molar-refractivity contribution in [2.75, 3.05) is 13.7 Å². The molecule has 2 aromatic heterocycles. The molecular weight excluding hydrogens is 346 g/mol. The summed E-state index contributed by atoms with van der Waals surface area (Å²) in [6.07, 6.45) is 3.72. The molecule has 0 spiro atoms. The highest BCUT2D eigenvalue weighted by Crippen LogP contribution is 2.15. The Morgan fingerprint density at radius 3 is 2.62 bits per heavy atom. The molecule has 3 aromatic rings. The number of furan rings is 1. The fourth-order valence-electron chi connectivity index (χ4n) is 2.78. The molecule has 5 heteroatoms. The Bertz CT molecular complexity index is 779. The van der Waals surface area contributed by atoms with Crippen LogP contribution in [0.5, 0.6) is 5.75 Å². The van der Waals surface area contributed by atoms with Crippen molar-refractivity contribution in [2.45, 2.75) is 25.8 Å². The van der Waals surface area contributed by atoms with Crippen LogP contribution in [0.1, 0.15) is 22.6 Å². The Balaban J connectivity index is 1.59.